The summed E-state index contributed by atoms with van der Waals surface area (Å²) in [5, 5.41) is 0.219. The van der Waals surface area contributed by atoms with Crippen molar-refractivity contribution in [3.8, 4) is 0 Å². The number of hydrazine groups is 1. The van der Waals surface area contributed by atoms with Crippen LogP contribution in [-0.4, -0.2) is 4.98 Å². The van der Waals surface area contributed by atoms with Gasteiger partial charge < -0.3 is 5.43 Å². The Morgan fingerprint density at radius 3 is 2.37 bits per heavy atom. The third-order valence-electron chi connectivity index (χ3n) is 2.95. The average Bonchev–Trinajstić information content (AvgIpc) is 2.32. The molecular weight excluding hydrogens is 262 g/mol. The Hall–Kier alpha value is -1.89. The SMILES string of the molecule is Cc1ccc2c(NN)c(C)c(C(F)(F)F)nc2c1F. The molecule has 0 spiro atoms. The second-order valence-electron chi connectivity index (χ2n) is 4.20. The number of fused-ring (bicyclic) bond motifs is 1. The molecule has 0 saturated heterocycles. The molecule has 0 saturated carbocycles. The Bertz CT molecular complexity index is 650. The number of benzene rings is 1. The number of rotatable bonds is 1. The smallest absolute Gasteiger partial charge is 0.323 e. The Morgan fingerprint density at radius 2 is 1.84 bits per heavy atom. The number of nitrogens with one attached hydrogen (secondary N) is 1. The molecule has 0 aliphatic heterocycles. The summed E-state index contributed by atoms with van der Waals surface area (Å²) < 4.78 is 52.5. The van der Waals surface area contributed by atoms with Gasteiger partial charge in [-0.25, -0.2) is 9.37 Å². The summed E-state index contributed by atoms with van der Waals surface area (Å²) in [6, 6.07) is 2.95. The quantitative estimate of drug-likeness (QED) is 0.476. The number of nitrogens with zero attached hydrogens (tertiary/aromatic N) is 1. The minimum atomic E-state index is -4.67. The van der Waals surface area contributed by atoms with Crippen molar-refractivity contribution < 1.29 is 17.6 Å². The molecule has 3 N–H and O–H groups in total. The van der Waals surface area contributed by atoms with Gasteiger partial charge in [0.25, 0.3) is 0 Å². The summed E-state index contributed by atoms with van der Waals surface area (Å²) in [6.45, 7) is 2.70. The molecule has 1 aromatic heterocycles. The van der Waals surface area contributed by atoms with Crippen LogP contribution in [0.15, 0.2) is 12.1 Å². The molecule has 3 nitrogen and oxygen atoms in total. The Balaban J connectivity index is 2.96. The number of nitrogens with two attached hydrogens (primary N) is 1. The number of aromatic nitrogens is 1. The molecule has 0 aliphatic rings. The zero-order valence-corrected chi connectivity index (χ0v) is 10.2. The van der Waals surface area contributed by atoms with Crippen molar-refractivity contribution >= 4 is 16.6 Å². The second-order valence-corrected chi connectivity index (χ2v) is 4.20. The van der Waals surface area contributed by atoms with Crippen molar-refractivity contribution in [2.24, 2.45) is 5.84 Å². The highest BCUT2D eigenvalue weighted by atomic mass is 19.4. The van der Waals surface area contributed by atoms with Crippen LogP contribution >= 0.6 is 0 Å². The molecule has 1 aromatic carbocycles. The van der Waals surface area contributed by atoms with Gasteiger partial charge in [-0.3, -0.25) is 5.84 Å². The van der Waals surface area contributed by atoms with Crippen LogP contribution in [0.1, 0.15) is 16.8 Å². The molecule has 19 heavy (non-hydrogen) atoms. The van der Waals surface area contributed by atoms with E-state index in [2.05, 4.69) is 10.4 Å². The van der Waals surface area contributed by atoms with E-state index in [1.165, 1.54) is 26.0 Å². The van der Waals surface area contributed by atoms with Crippen LogP contribution in [0.3, 0.4) is 0 Å². The van der Waals surface area contributed by atoms with Gasteiger partial charge in [-0.05, 0) is 19.4 Å². The maximum absolute atomic E-state index is 13.9. The Labute approximate surface area is 106 Å². The van der Waals surface area contributed by atoms with Gasteiger partial charge in [0.2, 0.25) is 0 Å². The van der Waals surface area contributed by atoms with Gasteiger partial charge in [0, 0.05) is 10.9 Å². The molecule has 1 heterocycles. The van der Waals surface area contributed by atoms with Crippen LogP contribution < -0.4 is 11.3 Å². The molecule has 2 rings (SSSR count). The number of aryl methyl sites for hydroxylation is 1. The summed E-state index contributed by atoms with van der Waals surface area (Å²) in [5.41, 5.74) is 0.793. The van der Waals surface area contributed by atoms with E-state index in [9.17, 15) is 17.6 Å². The van der Waals surface area contributed by atoms with Crippen LogP contribution in [0, 0.1) is 19.7 Å². The van der Waals surface area contributed by atoms with Crippen molar-refractivity contribution in [1.29, 1.82) is 0 Å². The van der Waals surface area contributed by atoms with E-state index < -0.39 is 17.7 Å². The van der Waals surface area contributed by atoms with E-state index in [0.717, 1.165) is 0 Å². The highest BCUT2D eigenvalue weighted by Crippen LogP contribution is 2.37. The van der Waals surface area contributed by atoms with Gasteiger partial charge in [0.1, 0.15) is 11.2 Å². The zero-order valence-electron chi connectivity index (χ0n) is 10.2. The topological polar surface area (TPSA) is 50.9 Å². The van der Waals surface area contributed by atoms with Gasteiger partial charge in [-0.15, -0.1) is 0 Å². The number of alkyl halides is 3. The zero-order chi connectivity index (χ0) is 14.4. The summed E-state index contributed by atoms with van der Waals surface area (Å²) in [6.07, 6.45) is -4.67. The van der Waals surface area contributed by atoms with Gasteiger partial charge in [-0.2, -0.15) is 13.2 Å². The Morgan fingerprint density at radius 1 is 1.21 bits per heavy atom. The number of pyridine rings is 1. The van der Waals surface area contributed by atoms with Crippen LogP contribution in [0.2, 0.25) is 0 Å². The molecule has 7 heteroatoms. The summed E-state index contributed by atoms with van der Waals surface area (Å²) in [7, 11) is 0. The van der Waals surface area contributed by atoms with Crippen LogP contribution in [-0.2, 0) is 6.18 Å². The van der Waals surface area contributed by atoms with E-state index in [1.54, 1.807) is 0 Å². The molecule has 0 bridgehead atoms. The maximum atomic E-state index is 13.9. The molecule has 0 atom stereocenters. The summed E-state index contributed by atoms with van der Waals surface area (Å²) >= 11 is 0. The standard InChI is InChI=1S/C12H11F4N3/c1-5-3-4-7-9(19-17)6(2)11(12(14,15)16)18-10(7)8(5)13/h3-4H,17H2,1-2H3,(H,18,19). The average molecular weight is 273 g/mol. The number of nitrogen functional groups attached to an aromatic ring is 1. The second kappa shape index (κ2) is 4.34. The lowest BCUT2D eigenvalue weighted by Crippen LogP contribution is -2.16. The van der Waals surface area contributed by atoms with E-state index in [-0.39, 0.29) is 27.7 Å². The molecule has 2 aromatic rings. The van der Waals surface area contributed by atoms with E-state index in [4.69, 9.17) is 5.84 Å². The van der Waals surface area contributed by atoms with Gasteiger partial charge in [0.15, 0.2) is 5.82 Å². The normalized spacial score (nSPS) is 11.9. The molecular formula is C12H11F4N3. The first kappa shape index (κ1) is 13.5. The molecule has 0 fully saturated rings. The predicted molar refractivity (Wildman–Crippen MR) is 64.0 cm³/mol. The first-order valence-electron chi connectivity index (χ1n) is 5.40. The van der Waals surface area contributed by atoms with Crippen LogP contribution in [0.4, 0.5) is 23.2 Å². The minimum Gasteiger partial charge on any atom is -0.323 e. The Kier molecular flexibility index (Phi) is 3.09. The molecule has 0 amide bonds. The third-order valence-corrected chi connectivity index (χ3v) is 2.95. The highest BCUT2D eigenvalue weighted by Gasteiger charge is 2.36. The van der Waals surface area contributed by atoms with E-state index in [0.29, 0.717) is 0 Å². The summed E-state index contributed by atoms with van der Waals surface area (Å²) in [4.78, 5) is 3.42. The van der Waals surface area contributed by atoms with Crippen molar-refractivity contribution in [3.63, 3.8) is 0 Å². The number of hydrogen-bond donors (Lipinski definition) is 2. The van der Waals surface area contributed by atoms with Crippen LogP contribution in [0.25, 0.3) is 10.9 Å². The fourth-order valence-electron chi connectivity index (χ4n) is 1.95. The largest absolute Gasteiger partial charge is 0.433 e. The fraction of sp³-hybridized carbons (Fsp3) is 0.250. The fourth-order valence-corrected chi connectivity index (χ4v) is 1.95. The highest BCUT2D eigenvalue weighted by molar-refractivity contribution is 5.94. The minimum absolute atomic E-state index is 0.0243. The first-order chi connectivity index (χ1) is 8.77. The van der Waals surface area contributed by atoms with Gasteiger partial charge in [0.05, 0.1) is 5.69 Å². The monoisotopic (exact) mass is 273 g/mol. The maximum Gasteiger partial charge on any atom is 0.433 e. The lowest BCUT2D eigenvalue weighted by Gasteiger charge is -2.16. The van der Waals surface area contributed by atoms with Crippen LogP contribution in [0.5, 0.6) is 0 Å². The molecule has 0 unspecified atom stereocenters. The van der Waals surface area contributed by atoms with Crippen molar-refractivity contribution in [2.75, 3.05) is 5.43 Å². The number of hydrogen-bond acceptors (Lipinski definition) is 3. The van der Waals surface area contributed by atoms with Crippen molar-refractivity contribution in [1.82, 2.24) is 4.98 Å². The predicted octanol–water partition coefficient (Wildman–Crippen LogP) is 3.30. The number of halogens is 4. The van der Waals surface area contributed by atoms with E-state index >= 15 is 0 Å². The molecule has 102 valence electrons. The number of anilines is 1. The van der Waals surface area contributed by atoms with Gasteiger partial charge >= 0.3 is 6.18 Å². The van der Waals surface area contributed by atoms with E-state index in [1.807, 2.05) is 0 Å². The summed E-state index contributed by atoms with van der Waals surface area (Å²) in [5.74, 6) is 4.47. The molecule has 0 aliphatic carbocycles. The van der Waals surface area contributed by atoms with Crippen molar-refractivity contribution in [2.45, 2.75) is 20.0 Å². The van der Waals surface area contributed by atoms with Gasteiger partial charge in [-0.1, -0.05) is 12.1 Å². The first-order valence-corrected chi connectivity index (χ1v) is 5.40. The molecule has 0 radical (unpaired) electrons. The van der Waals surface area contributed by atoms with Crippen molar-refractivity contribution in [3.05, 3.63) is 34.8 Å². The lowest BCUT2D eigenvalue weighted by molar-refractivity contribution is -0.141. The lowest BCUT2D eigenvalue weighted by atomic mass is 10.0. The third kappa shape index (κ3) is 2.10.